The molecule has 0 rings (SSSR count). The quantitative estimate of drug-likeness (QED) is 0.246. The number of hydrogen-bond acceptors (Lipinski definition) is 0. The molecule has 20 heavy (non-hydrogen) atoms. The highest BCUT2D eigenvalue weighted by molar-refractivity contribution is 6.08. The summed E-state index contributed by atoms with van der Waals surface area (Å²) in [6, 6.07) is 1.47. The highest BCUT2D eigenvalue weighted by Gasteiger charge is 2.12. The average Bonchev–Trinajstić information content (AvgIpc) is 2.38. The van der Waals surface area contributed by atoms with Crippen LogP contribution >= 0.6 is 0 Å². The monoisotopic (exact) mass is 365 g/mol. The molecule has 0 aromatic heterocycles. The van der Waals surface area contributed by atoms with Gasteiger partial charge in [0.2, 0.25) is 0 Å². The number of rotatable bonds is 14. The first-order valence-electron chi connectivity index (χ1n) is 8.94. The van der Waals surface area contributed by atoms with Crippen LogP contribution in [0.1, 0.15) is 77.6 Å². The molecule has 0 amide bonds. The van der Waals surface area contributed by atoms with Crippen molar-refractivity contribution in [3.05, 3.63) is 0 Å². The lowest BCUT2D eigenvalue weighted by atomic mass is 10.1. The van der Waals surface area contributed by atoms with Gasteiger partial charge in [0, 0.05) is 10.2 Å². The van der Waals surface area contributed by atoms with Crippen molar-refractivity contribution in [3.8, 4) is 0 Å². The molecule has 0 N–H and O–H groups in total. The van der Waals surface area contributed by atoms with Crippen molar-refractivity contribution in [2.24, 2.45) is 0 Å². The molecule has 0 unspecified atom stereocenters. The van der Waals surface area contributed by atoms with Gasteiger partial charge in [0.15, 0.2) is 0 Å². The fraction of sp³-hybridized carbons (Fsp3) is 1.00. The Morgan fingerprint density at radius 3 is 1.50 bits per heavy atom. The Bertz CT molecular complexity index is 186. The molecule has 0 saturated carbocycles. The summed E-state index contributed by atoms with van der Waals surface area (Å²) in [6.07, 6.45) is 16.0. The fourth-order valence-corrected chi connectivity index (χ4v) is 3.04. The van der Waals surface area contributed by atoms with E-state index >= 15 is 0 Å². The van der Waals surface area contributed by atoms with Crippen molar-refractivity contribution in [2.45, 2.75) is 83.6 Å². The zero-order chi connectivity index (χ0) is 14.4. The molecule has 1 nitrogen and oxygen atoms in total. The second kappa shape index (κ2) is 16.0. The summed E-state index contributed by atoms with van der Waals surface area (Å²) in [7, 11) is 6.19. The maximum Gasteiger partial charge on any atom is 0.0782 e. The normalized spacial score (nSPS) is 11.6. The Morgan fingerprint density at radius 2 is 1.05 bits per heavy atom. The van der Waals surface area contributed by atoms with Gasteiger partial charge in [-0.05, 0) is 19.3 Å². The Morgan fingerprint density at radius 1 is 0.650 bits per heavy atom. The van der Waals surface area contributed by atoms with Crippen LogP contribution in [0.3, 0.4) is 0 Å². The molecule has 0 aliphatic carbocycles. The van der Waals surface area contributed by atoms with Gasteiger partial charge in [0.25, 0.3) is 0 Å². The fourth-order valence-electron chi connectivity index (χ4n) is 2.73. The molecule has 0 spiro atoms. The first kappa shape index (κ1) is 22.9. The minimum Gasteiger partial charge on any atom is -1.00 e. The van der Waals surface area contributed by atoms with E-state index in [0.29, 0.717) is 0 Å². The van der Waals surface area contributed by atoms with Gasteiger partial charge in [0.05, 0.1) is 27.2 Å². The van der Waals surface area contributed by atoms with Crippen molar-refractivity contribution in [3.63, 3.8) is 0 Å². The highest BCUT2D eigenvalue weighted by Crippen LogP contribution is 2.12. The Hall–Kier alpha value is 0.657. The standard InChI is InChI=1S/C17H40NSi.BrH/c1-4-5-6-7-8-9-10-11-12-13-15-18(2,3)16-14-17-19;/h4-17H2,1-3,19H3;1H/q+1;/p-1. The molecule has 0 radical (unpaired) electrons. The van der Waals surface area contributed by atoms with Crippen molar-refractivity contribution < 1.29 is 21.5 Å². The largest absolute Gasteiger partial charge is 1.00 e. The van der Waals surface area contributed by atoms with Gasteiger partial charge in [-0.25, -0.2) is 0 Å². The van der Waals surface area contributed by atoms with Crippen LogP contribution < -0.4 is 17.0 Å². The third kappa shape index (κ3) is 16.7. The van der Waals surface area contributed by atoms with Crippen LogP contribution in [0, 0.1) is 0 Å². The maximum absolute atomic E-state index is 2.41. The van der Waals surface area contributed by atoms with Crippen LogP contribution in [0.25, 0.3) is 0 Å². The number of halogens is 1. The summed E-state index contributed by atoms with van der Waals surface area (Å²) in [6.45, 7) is 5.07. The lowest BCUT2D eigenvalue weighted by molar-refractivity contribution is -0.890. The molecule has 0 saturated heterocycles. The van der Waals surface area contributed by atoms with E-state index in [2.05, 4.69) is 21.0 Å². The highest BCUT2D eigenvalue weighted by atomic mass is 79.9. The predicted octanol–water partition coefficient (Wildman–Crippen LogP) is 1.16. The Labute approximate surface area is 142 Å². The molecular weight excluding hydrogens is 326 g/mol. The average molecular weight is 367 g/mol. The summed E-state index contributed by atoms with van der Waals surface area (Å²) in [5.41, 5.74) is 0. The van der Waals surface area contributed by atoms with Gasteiger partial charge < -0.3 is 21.5 Å². The van der Waals surface area contributed by atoms with Gasteiger partial charge in [-0.15, -0.1) is 0 Å². The molecule has 0 atom stereocenters. The van der Waals surface area contributed by atoms with Gasteiger partial charge in [-0.3, -0.25) is 0 Å². The maximum atomic E-state index is 2.41. The number of unbranched alkanes of at least 4 members (excludes halogenated alkanes) is 9. The van der Waals surface area contributed by atoms with Gasteiger partial charge in [0.1, 0.15) is 0 Å². The summed E-state index contributed by atoms with van der Waals surface area (Å²) in [5, 5.41) is 0. The number of quaternary nitrogens is 1. The molecule has 0 bridgehead atoms. The van der Waals surface area contributed by atoms with E-state index in [1.54, 1.807) is 0 Å². The van der Waals surface area contributed by atoms with E-state index in [-0.39, 0.29) is 17.0 Å². The van der Waals surface area contributed by atoms with Crippen LogP contribution in [-0.4, -0.2) is 41.9 Å². The lowest BCUT2D eigenvalue weighted by Crippen LogP contribution is -3.00. The Balaban J connectivity index is 0. The molecule has 124 valence electrons. The molecule has 0 heterocycles. The van der Waals surface area contributed by atoms with Gasteiger partial charge in [-0.1, -0.05) is 64.3 Å². The lowest BCUT2D eigenvalue weighted by Gasteiger charge is -2.29. The summed E-state index contributed by atoms with van der Waals surface area (Å²) >= 11 is 0. The van der Waals surface area contributed by atoms with Crippen LogP contribution in [-0.2, 0) is 0 Å². The number of nitrogens with zero attached hydrogens (tertiary/aromatic N) is 1. The molecule has 0 aliphatic rings. The second-order valence-corrected chi connectivity index (χ2v) is 7.92. The van der Waals surface area contributed by atoms with E-state index in [0.717, 1.165) is 0 Å². The SMILES string of the molecule is CCCCCCCCCCCC[N+](C)(C)CCC[SiH3].[Br-]. The molecule has 0 fully saturated rings. The summed E-state index contributed by atoms with van der Waals surface area (Å²) in [4.78, 5) is 0. The molecule has 0 aromatic carbocycles. The smallest absolute Gasteiger partial charge is 0.0782 e. The van der Waals surface area contributed by atoms with E-state index in [4.69, 9.17) is 0 Å². The molecule has 0 aromatic rings. The zero-order valence-corrected chi connectivity index (χ0v) is 18.3. The third-order valence-corrected chi connectivity index (χ3v) is 4.94. The molecule has 0 aliphatic heterocycles. The topological polar surface area (TPSA) is 0 Å². The van der Waals surface area contributed by atoms with Crippen molar-refractivity contribution in [2.75, 3.05) is 27.2 Å². The first-order chi connectivity index (χ1) is 9.12. The van der Waals surface area contributed by atoms with Crippen molar-refractivity contribution >= 4 is 10.2 Å². The number of hydrogen-bond donors (Lipinski definition) is 0. The van der Waals surface area contributed by atoms with Crippen molar-refractivity contribution in [1.29, 1.82) is 0 Å². The van der Waals surface area contributed by atoms with E-state index in [1.165, 1.54) is 104 Å². The zero-order valence-electron chi connectivity index (χ0n) is 14.7. The van der Waals surface area contributed by atoms with E-state index in [1.807, 2.05) is 0 Å². The van der Waals surface area contributed by atoms with Crippen LogP contribution in [0.5, 0.6) is 0 Å². The molecule has 3 heteroatoms. The second-order valence-electron chi connectivity index (χ2n) is 6.92. The predicted molar refractivity (Wildman–Crippen MR) is 93.0 cm³/mol. The third-order valence-electron chi connectivity index (χ3n) is 4.23. The van der Waals surface area contributed by atoms with Crippen LogP contribution in [0.4, 0.5) is 0 Å². The summed E-state index contributed by atoms with van der Waals surface area (Å²) < 4.78 is 1.25. The van der Waals surface area contributed by atoms with E-state index in [9.17, 15) is 0 Å². The first-order valence-corrected chi connectivity index (χ1v) is 10.4. The van der Waals surface area contributed by atoms with E-state index < -0.39 is 0 Å². The molecular formula is C17H40BrNSi. The van der Waals surface area contributed by atoms with Gasteiger partial charge >= 0.3 is 0 Å². The van der Waals surface area contributed by atoms with Gasteiger partial charge in [-0.2, -0.15) is 0 Å². The van der Waals surface area contributed by atoms with Crippen molar-refractivity contribution in [1.82, 2.24) is 0 Å². The van der Waals surface area contributed by atoms with Crippen LogP contribution in [0.2, 0.25) is 6.04 Å². The Kier molecular flexibility index (Phi) is 18.4. The van der Waals surface area contributed by atoms with Crippen LogP contribution in [0.15, 0.2) is 0 Å². The minimum atomic E-state index is 0. The minimum absolute atomic E-state index is 0. The summed E-state index contributed by atoms with van der Waals surface area (Å²) in [5.74, 6) is 0.